The number of rotatable bonds is 16. The number of likely N-dealkylation sites (N-methyl/N-ethyl adjacent to an activating group) is 2. The van der Waals surface area contributed by atoms with Crippen LogP contribution in [0.15, 0.2) is 73.2 Å². The number of nitrogen functional groups attached to an aromatic ring is 1. The van der Waals surface area contributed by atoms with Crippen LogP contribution in [-0.2, 0) is 14.4 Å². The molecule has 676 valence electrons. The minimum atomic E-state index is -1.02. The number of carboxylic acid groups (broad SMARTS) is 2. The second kappa shape index (κ2) is 39.7. The maximum absolute atomic E-state index is 13.4. The van der Waals surface area contributed by atoms with E-state index in [-0.39, 0.29) is 74.7 Å². The predicted octanol–water partition coefficient (Wildman–Crippen LogP) is 12.0. The smallest absolute Gasteiger partial charge is 0.335 e. The molecule has 4 amide bonds. The van der Waals surface area contributed by atoms with Gasteiger partial charge in [0.25, 0.3) is 5.91 Å². The number of piperazine rings is 2. The number of benzene rings is 3. The van der Waals surface area contributed by atoms with Crippen molar-refractivity contribution in [3.05, 3.63) is 95.2 Å². The Balaban J connectivity index is 0.000000138. The number of ether oxygens (including phenoxy) is 3. The normalized spacial score (nSPS) is 23.4. The van der Waals surface area contributed by atoms with Crippen molar-refractivity contribution in [3.8, 4) is 17.2 Å². The summed E-state index contributed by atoms with van der Waals surface area (Å²) in [6, 6.07) is 17.8. The van der Waals surface area contributed by atoms with Crippen LogP contribution in [0.3, 0.4) is 0 Å². The fourth-order valence-corrected chi connectivity index (χ4v) is 20.2. The number of halogens is 2. The molecule has 8 heterocycles. The summed E-state index contributed by atoms with van der Waals surface area (Å²) in [5, 5.41) is 27.9. The zero-order valence-corrected chi connectivity index (χ0v) is 75.4. The Bertz CT molecular complexity index is 4800. The minimum Gasteiger partial charge on any atom is -0.495 e. The van der Waals surface area contributed by atoms with Gasteiger partial charge < -0.3 is 91.0 Å². The first-order valence-corrected chi connectivity index (χ1v) is 45.3. The highest BCUT2D eigenvalue weighted by atomic mass is 35.5. The third kappa shape index (κ3) is 20.8. The number of amides is 4. The van der Waals surface area contributed by atoms with Crippen molar-refractivity contribution in [2.45, 2.75) is 209 Å². The molecule has 6 aromatic rings. The van der Waals surface area contributed by atoms with Gasteiger partial charge in [0.15, 0.2) is 17.5 Å². The Hall–Kier alpha value is -9.70. The number of anilines is 11. The first-order chi connectivity index (χ1) is 59.8. The Kier molecular flexibility index (Phi) is 29.0. The number of nitrogens with one attached hydrogen (secondary N) is 3. The van der Waals surface area contributed by atoms with Gasteiger partial charge in [-0.05, 0) is 209 Å². The number of hydrogen-bond acceptors (Lipinski definition) is 26. The van der Waals surface area contributed by atoms with Gasteiger partial charge in [0.2, 0.25) is 34.9 Å². The number of carbonyl (C=O) groups excluding carboxylic acids is 4. The highest BCUT2D eigenvalue weighted by molar-refractivity contribution is 6.28. The lowest BCUT2D eigenvalue weighted by atomic mass is 9.89. The van der Waals surface area contributed by atoms with Crippen LogP contribution in [0, 0.1) is 16.2 Å². The summed E-state index contributed by atoms with van der Waals surface area (Å²) in [4.78, 5) is 124. The molecule has 8 aliphatic carbocycles. The van der Waals surface area contributed by atoms with Crippen molar-refractivity contribution in [2.24, 2.45) is 22.0 Å². The molecule has 34 heteroatoms. The number of fused-ring (bicyclic) bond motifs is 3. The van der Waals surface area contributed by atoms with Crippen LogP contribution in [0.25, 0.3) is 0 Å². The average molecular weight is 1760 g/mol. The number of aromatic carboxylic acids is 2. The molecular weight excluding hydrogens is 1630 g/mol. The van der Waals surface area contributed by atoms with Crippen LogP contribution in [-0.4, -0.2) is 266 Å². The Morgan fingerprint density at radius 1 is 0.448 bits per heavy atom. The second-order valence-electron chi connectivity index (χ2n) is 36.7. The third-order valence-corrected chi connectivity index (χ3v) is 28.6. The molecule has 32 nitrogen and oxygen atoms in total. The Morgan fingerprint density at radius 3 is 1.17 bits per heavy atom. The summed E-state index contributed by atoms with van der Waals surface area (Å²) in [5.41, 5.74) is 15.4. The number of nitrogens with two attached hydrogens (primary N) is 2. The highest BCUT2D eigenvalue weighted by Crippen LogP contribution is 2.56. The van der Waals surface area contributed by atoms with Crippen LogP contribution in [0.4, 0.5) is 63.5 Å². The standard InChI is InChI=1S/C34H48N8O3.C23H27N5O4.C15H19ClN4O.C11H23N3.C8H9NO3.ClH/c1-39-16-18-41(19-17-39)25-11-9-24(10-12-25)36-31(43)23-8-13-27(29(20-23)45-3)37-33-35-21-28-30(38-33)42(26-6-4-5-7-26)22-34(14-15-34)32(44)40(28)2;1-27-17-12-24-22(25-16-8-7-14(20(29)30)11-18(16)32-2)26-19(17)28(15-5-3-4-6-15)13-23(9-10-23)21(27)31;1-19-11-8-17-14(16)18-12(11)20(10-4-2-3-5-10)9-15(6-7-15)13(19)21;1-13-6-8-14(9-7-13)11-4-2-10(12)3-5-11;1-12-7-4-5(8(10)11)2-3-6(7)9;/h8,13,20-21,24-26H,4-7,9-12,14-19,22H2,1-3H3,(H,36,43)(H,35,37,38);7-8,11-12,15H,3-6,9-10,13H2,1-2H3,(H,29,30)(H,24,25,26);8,10H,2-7,9H2,1H3;10-11H,2-9,12H2,1H3;2-4H,9H2,1H3,(H,10,11);1H. The zero-order valence-electron chi connectivity index (χ0n) is 73.8. The van der Waals surface area contributed by atoms with Crippen molar-refractivity contribution in [2.75, 3.05) is 174 Å². The molecule has 3 aromatic heterocycles. The largest absolute Gasteiger partial charge is 0.495 e. The van der Waals surface area contributed by atoms with Crippen LogP contribution < -0.4 is 71.0 Å². The zero-order chi connectivity index (χ0) is 87.3. The van der Waals surface area contributed by atoms with E-state index in [1.807, 2.05) is 33.3 Å². The molecule has 3 aromatic carbocycles. The summed E-state index contributed by atoms with van der Waals surface area (Å²) < 4.78 is 15.9. The average Bonchev–Trinajstić information content (AvgIpc) is 1.59. The van der Waals surface area contributed by atoms with E-state index < -0.39 is 11.9 Å². The van der Waals surface area contributed by atoms with E-state index in [1.54, 1.807) is 52.5 Å². The molecule has 0 unspecified atom stereocenters. The van der Waals surface area contributed by atoms with E-state index in [9.17, 15) is 33.9 Å². The van der Waals surface area contributed by atoms with Gasteiger partial charge in [-0.15, -0.1) is 12.4 Å². The van der Waals surface area contributed by atoms with E-state index in [2.05, 4.69) is 84.3 Å². The van der Waals surface area contributed by atoms with Gasteiger partial charge in [0, 0.05) is 141 Å². The van der Waals surface area contributed by atoms with Crippen LogP contribution >= 0.6 is 24.0 Å². The maximum Gasteiger partial charge on any atom is 0.335 e. The Labute approximate surface area is 745 Å². The Morgan fingerprint density at radius 2 is 0.792 bits per heavy atom. The van der Waals surface area contributed by atoms with Gasteiger partial charge in [-0.25, -0.2) is 24.5 Å². The number of hydrogen-bond donors (Lipinski definition) is 7. The van der Waals surface area contributed by atoms with Gasteiger partial charge in [-0.2, -0.15) is 15.0 Å². The molecule has 3 spiro atoms. The first-order valence-electron chi connectivity index (χ1n) is 44.9. The van der Waals surface area contributed by atoms with Crippen molar-refractivity contribution in [3.63, 3.8) is 0 Å². The predicted molar refractivity (Wildman–Crippen MR) is 488 cm³/mol. The lowest BCUT2D eigenvalue weighted by Gasteiger charge is -2.41. The number of nitrogens with zero attached hydrogens (tertiary/aromatic N) is 16. The molecule has 5 aliphatic heterocycles. The molecule has 8 saturated carbocycles. The monoisotopic (exact) mass is 1760 g/mol. The maximum atomic E-state index is 13.4. The molecule has 0 radical (unpaired) electrons. The van der Waals surface area contributed by atoms with Crippen LogP contribution in [0.5, 0.6) is 17.2 Å². The van der Waals surface area contributed by atoms with Gasteiger partial charge >= 0.3 is 11.9 Å². The first kappa shape index (κ1) is 91.5. The number of carbonyl (C=O) groups is 6. The van der Waals surface area contributed by atoms with E-state index in [0.29, 0.717) is 88.5 Å². The summed E-state index contributed by atoms with van der Waals surface area (Å²) in [7, 11) is 14.4. The summed E-state index contributed by atoms with van der Waals surface area (Å²) >= 11 is 6.02. The van der Waals surface area contributed by atoms with Crippen LogP contribution in [0.1, 0.15) is 198 Å². The molecule has 13 aliphatic rings. The SMILES string of the molecule is CN1C(=O)C2(CC2)CN(C2CCCC2)c2nc(Cl)ncc21.CN1CCN(C2CCC(N)CC2)CC1.COc1cc(C(=O)NC2CCC(N3CCN(C)CC3)CC2)ccc1Nc1ncc2c(n1)N(C1CCCC1)CC1(CC1)C(=O)N2C.COc1cc(C(=O)O)ccc1N.COc1cc(C(=O)O)ccc1Nc1ncc2c(n1)N(C1CCCC1)CC1(CC1)C(=O)N2C.Cl. The van der Waals surface area contributed by atoms with E-state index in [0.717, 1.165) is 170 Å². The van der Waals surface area contributed by atoms with Crippen molar-refractivity contribution in [1.29, 1.82) is 0 Å². The molecule has 0 bridgehead atoms. The quantitative estimate of drug-likeness (QED) is 0.0349. The summed E-state index contributed by atoms with van der Waals surface area (Å²) in [6.45, 7) is 11.8. The fraction of sp³-hybridized carbons (Fsp3) is 0.604. The topological polar surface area (TPSA) is 368 Å². The highest BCUT2D eigenvalue weighted by Gasteiger charge is 2.58. The molecule has 125 heavy (non-hydrogen) atoms. The van der Waals surface area contributed by atoms with Gasteiger partial charge in [-0.3, -0.25) is 29.0 Å². The number of methoxy groups -OCH3 is 3. The molecule has 19 rings (SSSR count). The molecule has 2 saturated heterocycles. The summed E-state index contributed by atoms with van der Waals surface area (Å²) in [6.07, 6.45) is 34.3. The molecule has 9 N–H and O–H groups in total. The van der Waals surface area contributed by atoms with Gasteiger partial charge in [0.1, 0.15) is 34.3 Å². The summed E-state index contributed by atoms with van der Waals surface area (Å²) in [5.74, 6) is 3.01. The van der Waals surface area contributed by atoms with E-state index in [1.165, 1.54) is 148 Å². The molecule has 10 fully saturated rings. The number of carboxylic acids is 2. The van der Waals surface area contributed by atoms with E-state index in [4.69, 9.17) is 52.4 Å². The van der Waals surface area contributed by atoms with E-state index >= 15 is 0 Å². The molecular formula is C91H127Cl2N21O11. The fourth-order valence-electron chi connectivity index (χ4n) is 20.1. The lowest BCUT2D eigenvalue weighted by Crippen LogP contribution is -2.51. The van der Waals surface area contributed by atoms with Gasteiger partial charge in [0.05, 0.1) is 84.4 Å². The van der Waals surface area contributed by atoms with Gasteiger partial charge in [-0.1, -0.05) is 38.5 Å². The molecule has 0 atom stereocenters. The van der Waals surface area contributed by atoms with Crippen molar-refractivity contribution in [1.82, 2.24) is 54.8 Å². The van der Waals surface area contributed by atoms with Crippen molar-refractivity contribution >= 4 is 123 Å². The van der Waals surface area contributed by atoms with Crippen LogP contribution in [0.2, 0.25) is 5.28 Å². The van der Waals surface area contributed by atoms with Crippen molar-refractivity contribution < 1.29 is 53.2 Å². The second-order valence-corrected chi connectivity index (χ2v) is 37.0. The lowest BCUT2D eigenvalue weighted by molar-refractivity contribution is -0.123. The third-order valence-electron chi connectivity index (χ3n) is 28.4. The number of aromatic nitrogens is 6. The minimum absolute atomic E-state index is 0.